The van der Waals surface area contributed by atoms with Crippen LogP contribution in [0.3, 0.4) is 0 Å². The van der Waals surface area contributed by atoms with Gasteiger partial charge in [0.1, 0.15) is 6.04 Å². The number of nitrogens with one attached hydrogen (secondary N) is 1. The van der Waals surface area contributed by atoms with Gasteiger partial charge in [0.25, 0.3) is 0 Å². The van der Waals surface area contributed by atoms with E-state index in [2.05, 4.69) is 29.0 Å². The van der Waals surface area contributed by atoms with Crippen molar-refractivity contribution in [2.45, 2.75) is 51.0 Å². The van der Waals surface area contributed by atoms with Crippen molar-refractivity contribution in [1.82, 2.24) is 9.62 Å². The van der Waals surface area contributed by atoms with Crippen LogP contribution in [-0.2, 0) is 21.2 Å². The summed E-state index contributed by atoms with van der Waals surface area (Å²) in [7, 11) is -3.75. The van der Waals surface area contributed by atoms with Crippen LogP contribution in [0, 0.1) is 18.8 Å². The van der Waals surface area contributed by atoms with E-state index in [9.17, 15) is 13.2 Å². The van der Waals surface area contributed by atoms with Crippen LogP contribution in [-0.4, -0.2) is 38.4 Å². The first-order chi connectivity index (χ1) is 14.3. The predicted molar refractivity (Wildman–Crippen MR) is 120 cm³/mol. The molecule has 2 aromatic carbocycles. The zero-order valence-corrected chi connectivity index (χ0v) is 18.9. The number of piperidine rings is 1. The Morgan fingerprint density at radius 1 is 1.03 bits per heavy atom. The summed E-state index contributed by atoms with van der Waals surface area (Å²) in [6.45, 7) is 7.01. The molecular weight excluding hydrogens is 396 g/mol. The molecule has 162 valence electrons. The highest BCUT2D eigenvalue weighted by Crippen LogP contribution is 2.23. The molecule has 1 atom stereocenters. The van der Waals surface area contributed by atoms with Gasteiger partial charge in [-0.2, -0.15) is 4.72 Å². The van der Waals surface area contributed by atoms with E-state index in [1.54, 1.807) is 24.3 Å². The number of benzene rings is 2. The Labute approximate surface area is 180 Å². The van der Waals surface area contributed by atoms with Gasteiger partial charge in [0.2, 0.25) is 15.9 Å². The molecule has 1 amide bonds. The van der Waals surface area contributed by atoms with Crippen molar-refractivity contribution in [2.75, 3.05) is 13.1 Å². The Morgan fingerprint density at radius 2 is 1.63 bits per heavy atom. The molecule has 0 aliphatic carbocycles. The summed E-state index contributed by atoms with van der Waals surface area (Å²) in [5.41, 5.74) is 2.32. The Morgan fingerprint density at radius 3 is 2.20 bits per heavy atom. The maximum absolute atomic E-state index is 13.2. The minimum Gasteiger partial charge on any atom is -0.341 e. The van der Waals surface area contributed by atoms with E-state index in [0.29, 0.717) is 19.0 Å². The maximum Gasteiger partial charge on any atom is 0.241 e. The number of sulfonamides is 1. The van der Waals surface area contributed by atoms with Gasteiger partial charge in [-0.3, -0.25) is 4.79 Å². The van der Waals surface area contributed by atoms with E-state index in [-0.39, 0.29) is 16.7 Å². The average molecular weight is 429 g/mol. The Balaban J connectivity index is 1.62. The zero-order valence-electron chi connectivity index (χ0n) is 18.0. The van der Waals surface area contributed by atoms with E-state index in [1.165, 1.54) is 5.56 Å². The first-order valence-corrected chi connectivity index (χ1v) is 12.2. The average Bonchev–Trinajstić information content (AvgIpc) is 2.73. The third kappa shape index (κ3) is 5.70. The lowest BCUT2D eigenvalue weighted by Crippen LogP contribution is -2.53. The van der Waals surface area contributed by atoms with Crippen LogP contribution in [0.2, 0.25) is 0 Å². The van der Waals surface area contributed by atoms with Crippen LogP contribution in [0.4, 0.5) is 0 Å². The first kappa shape index (κ1) is 22.5. The van der Waals surface area contributed by atoms with E-state index >= 15 is 0 Å². The molecule has 0 spiro atoms. The van der Waals surface area contributed by atoms with Crippen molar-refractivity contribution >= 4 is 15.9 Å². The Hall–Kier alpha value is -2.18. The molecule has 1 aliphatic heterocycles. The zero-order chi connectivity index (χ0) is 21.7. The van der Waals surface area contributed by atoms with Crippen molar-refractivity contribution in [2.24, 2.45) is 11.8 Å². The van der Waals surface area contributed by atoms with Crippen LogP contribution < -0.4 is 4.72 Å². The number of carbonyl (C=O) groups is 1. The number of aryl methyl sites for hydroxylation is 1. The Kier molecular flexibility index (Phi) is 7.32. The monoisotopic (exact) mass is 428 g/mol. The van der Waals surface area contributed by atoms with Gasteiger partial charge >= 0.3 is 0 Å². The molecule has 0 bridgehead atoms. The van der Waals surface area contributed by atoms with Crippen molar-refractivity contribution in [3.8, 4) is 0 Å². The highest BCUT2D eigenvalue weighted by atomic mass is 32.2. The third-order valence-electron chi connectivity index (χ3n) is 5.84. The van der Waals surface area contributed by atoms with Crippen LogP contribution in [0.5, 0.6) is 0 Å². The second kappa shape index (κ2) is 9.75. The Bertz CT molecular complexity index is 932. The second-order valence-electron chi connectivity index (χ2n) is 8.61. The van der Waals surface area contributed by atoms with Gasteiger partial charge in [-0.15, -0.1) is 0 Å². The number of carbonyl (C=O) groups excluding carboxylic acids is 1. The first-order valence-electron chi connectivity index (χ1n) is 10.7. The fourth-order valence-corrected chi connectivity index (χ4v) is 5.26. The van der Waals surface area contributed by atoms with Gasteiger partial charge < -0.3 is 4.90 Å². The molecule has 3 rings (SSSR count). The van der Waals surface area contributed by atoms with Crippen LogP contribution in [0.15, 0.2) is 59.5 Å². The second-order valence-corrected chi connectivity index (χ2v) is 10.3. The number of likely N-dealkylation sites (tertiary alicyclic amines) is 1. The molecule has 0 saturated carbocycles. The lowest BCUT2D eigenvalue weighted by molar-refractivity contribution is -0.135. The molecule has 0 radical (unpaired) electrons. The molecule has 1 aliphatic rings. The quantitative estimate of drug-likeness (QED) is 0.730. The maximum atomic E-state index is 13.2. The topological polar surface area (TPSA) is 66.5 Å². The largest absolute Gasteiger partial charge is 0.341 e. The summed E-state index contributed by atoms with van der Waals surface area (Å²) in [5, 5.41) is 0. The van der Waals surface area contributed by atoms with Gasteiger partial charge in [-0.1, -0.05) is 61.9 Å². The third-order valence-corrected chi connectivity index (χ3v) is 7.30. The van der Waals surface area contributed by atoms with Gasteiger partial charge in [0.15, 0.2) is 0 Å². The normalized spacial score (nSPS) is 16.6. The highest BCUT2D eigenvalue weighted by Gasteiger charge is 2.33. The number of nitrogens with zero attached hydrogens (tertiary/aromatic N) is 1. The van der Waals surface area contributed by atoms with E-state index in [1.807, 2.05) is 31.7 Å². The molecule has 6 heteroatoms. The van der Waals surface area contributed by atoms with Gasteiger partial charge in [0.05, 0.1) is 4.90 Å². The SMILES string of the molecule is Cc1ccc(S(=O)(=O)NC(C(=O)N2CCC(Cc3ccccc3)CC2)C(C)C)cc1. The molecule has 30 heavy (non-hydrogen) atoms. The number of hydrogen-bond acceptors (Lipinski definition) is 3. The minimum absolute atomic E-state index is 0.126. The number of amides is 1. The fourth-order valence-electron chi connectivity index (χ4n) is 3.93. The molecule has 1 fully saturated rings. The van der Waals surface area contributed by atoms with E-state index in [0.717, 1.165) is 24.8 Å². The molecule has 1 heterocycles. The molecular formula is C24H32N2O3S. The van der Waals surface area contributed by atoms with Gasteiger partial charge in [-0.25, -0.2) is 8.42 Å². The fraction of sp³-hybridized carbons (Fsp3) is 0.458. The lowest BCUT2D eigenvalue weighted by Gasteiger charge is -2.35. The smallest absolute Gasteiger partial charge is 0.241 e. The van der Waals surface area contributed by atoms with Crippen LogP contribution in [0.25, 0.3) is 0 Å². The molecule has 1 N–H and O–H groups in total. The minimum atomic E-state index is -3.75. The molecule has 5 nitrogen and oxygen atoms in total. The van der Waals surface area contributed by atoms with Crippen molar-refractivity contribution < 1.29 is 13.2 Å². The van der Waals surface area contributed by atoms with Crippen molar-refractivity contribution in [3.05, 3.63) is 65.7 Å². The summed E-state index contributed by atoms with van der Waals surface area (Å²) in [4.78, 5) is 15.2. The molecule has 1 unspecified atom stereocenters. The molecule has 1 saturated heterocycles. The van der Waals surface area contributed by atoms with Crippen molar-refractivity contribution in [3.63, 3.8) is 0 Å². The molecule has 2 aromatic rings. The predicted octanol–water partition coefficient (Wildman–Crippen LogP) is 3.78. The number of hydrogen-bond donors (Lipinski definition) is 1. The van der Waals surface area contributed by atoms with E-state index in [4.69, 9.17) is 0 Å². The van der Waals surface area contributed by atoms with Crippen LogP contribution in [0.1, 0.15) is 37.8 Å². The summed E-state index contributed by atoms with van der Waals surface area (Å²) in [6, 6.07) is 16.3. The number of rotatable bonds is 7. The lowest BCUT2D eigenvalue weighted by atomic mass is 9.89. The summed E-state index contributed by atoms with van der Waals surface area (Å²) in [5.74, 6) is 0.289. The van der Waals surface area contributed by atoms with Gasteiger partial charge in [0, 0.05) is 13.1 Å². The summed E-state index contributed by atoms with van der Waals surface area (Å²) < 4.78 is 28.3. The highest BCUT2D eigenvalue weighted by molar-refractivity contribution is 7.89. The summed E-state index contributed by atoms with van der Waals surface area (Å²) in [6.07, 6.45) is 2.91. The molecule has 0 aromatic heterocycles. The van der Waals surface area contributed by atoms with Crippen LogP contribution >= 0.6 is 0 Å². The van der Waals surface area contributed by atoms with Gasteiger partial charge in [-0.05, 0) is 55.7 Å². The van der Waals surface area contributed by atoms with Crippen molar-refractivity contribution in [1.29, 1.82) is 0 Å². The standard InChI is InChI=1S/C24H32N2O3S/c1-18(2)23(25-30(28,29)22-11-9-19(3)10-12-22)24(27)26-15-13-21(14-16-26)17-20-7-5-4-6-8-20/h4-12,18,21,23,25H,13-17H2,1-3H3. The summed E-state index contributed by atoms with van der Waals surface area (Å²) >= 11 is 0. The van der Waals surface area contributed by atoms with E-state index < -0.39 is 16.1 Å².